The minimum Gasteiger partial charge on any atom is -0.344 e. The fourth-order valence-electron chi connectivity index (χ4n) is 3.16. The number of benzene rings is 1. The molecule has 0 fully saturated rings. The summed E-state index contributed by atoms with van der Waals surface area (Å²) in [5.41, 5.74) is 4.15. The molecule has 132 valence electrons. The second-order valence-electron chi connectivity index (χ2n) is 6.34. The molecule has 0 bridgehead atoms. The van der Waals surface area contributed by atoms with Crippen molar-refractivity contribution in [3.8, 4) is 0 Å². The number of hydrogen-bond donors (Lipinski definition) is 1. The highest BCUT2D eigenvalue weighted by Gasteiger charge is 2.23. The lowest BCUT2D eigenvalue weighted by Crippen LogP contribution is -2.42. The minimum atomic E-state index is -0.0207. The number of thiocarbonyl (C=S) groups is 1. The summed E-state index contributed by atoms with van der Waals surface area (Å²) < 4.78 is 1.62. The van der Waals surface area contributed by atoms with E-state index < -0.39 is 0 Å². The van der Waals surface area contributed by atoms with Crippen LogP contribution >= 0.6 is 23.8 Å². The van der Waals surface area contributed by atoms with Crippen molar-refractivity contribution in [1.29, 1.82) is 0 Å². The third kappa shape index (κ3) is 3.06. The molecule has 0 amide bonds. The Labute approximate surface area is 161 Å². The van der Waals surface area contributed by atoms with Crippen molar-refractivity contribution in [2.75, 3.05) is 11.9 Å². The summed E-state index contributed by atoms with van der Waals surface area (Å²) in [6.07, 6.45) is 2.46. The van der Waals surface area contributed by atoms with Crippen LogP contribution in [0.15, 0.2) is 47.4 Å². The van der Waals surface area contributed by atoms with E-state index in [0.717, 1.165) is 29.1 Å². The number of hydrogen-bond acceptors (Lipinski definition) is 3. The molecular formula is C19H17ClN4OS. The van der Waals surface area contributed by atoms with Gasteiger partial charge in [-0.2, -0.15) is 0 Å². The molecule has 0 saturated carbocycles. The summed E-state index contributed by atoms with van der Waals surface area (Å²) >= 11 is 11.4. The van der Waals surface area contributed by atoms with Crippen LogP contribution < -0.4 is 10.9 Å². The van der Waals surface area contributed by atoms with Crippen LogP contribution in [0, 0.1) is 6.92 Å². The fourth-order valence-corrected chi connectivity index (χ4v) is 3.56. The number of fused-ring (bicyclic) bond motifs is 2. The van der Waals surface area contributed by atoms with Gasteiger partial charge >= 0.3 is 0 Å². The molecule has 5 nitrogen and oxygen atoms in total. The van der Waals surface area contributed by atoms with Gasteiger partial charge in [0.1, 0.15) is 5.65 Å². The quantitative estimate of drug-likeness (QED) is 0.651. The maximum atomic E-state index is 12.9. The lowest BCUT2D eigenvalue weighted by molar-refractivity contribution is 0.392. The number of aromatic nitrogens is 2. The molecule has 0 saturated heterocycles. The Bertz CT molecular complexity index is 1060. The Balaban J connectivity index is 1.62. The number of pyridine rings is 1. The van der Waals surface area contributed by atoms with Gasteiger partial charge in [0.05, 0.1) is 17.8 Å². The SMILES string of the molecule is Cc1cccn2c(=O)c3c(nc12)CCN(C(=S)Nc1ccc(Cl)cc1)C3. The zero-order valence-corrected chi connectivity index (χ0v) is 15.8. The Kier molecular flexibility index (Phi) is 4.38. The second-order valence-corrected chi connectivity index (χ2v) is 7.16. The van der Waals surface area contributed by atoms with Gasteiger partial charge in [-0.3, -0.25) is 9.20 Å². The molecule has 0 atom stereocenters. The molecule has 0 radical (unpaired) electrons. The number of anilines is 1. The molecule has 26 heavy (non-hydrogen) atoms. The Morgan fingerprint density at radius 2 is 2.04 bits per heavy atom. The summed E-state index contributed by atoms with van der Waals surface area (Å²) in [6, 6.07) is 11.2. The number of halogens is 1. The highest BCUT2D eigenvalue weighted by atomic mass is 35.5. The lowest BCUT2D eigenvalue weighted by Gasteiger charge is -2.30. The predicted molar refractivity (Wildman–Crippen MR) is 108 cm³/mol. The van der Waals surface area contributed by atoms with E-state index in [4.69, 9.17) is 28.8 Å². The molecule has 1 aromatic carbocycles. The molecule has 2 aromatic heterocycles. The third-order valence-electron chi connectivity index (χ3n) is 4.58. The minimum absolute atomic E-state index is 0.0207. The van der Waals surface area contributed by atoms with Crippen molar-refractivity contribution in [1.82, 2.24) is 14.3 Å². The van der Waals surface area contributed by atoms with Crippen molar-refractivity contribution in [3.05, 3.63) is 74.8 Å². The molecule has 4 rings (SSSR count). The van der Waals surface area contributed by atoms with Crippen LogP contribution in [0.4, 0.5) is 5.69 Å². The van der Waals surface area contributed by atoms with Crippen LogP contribution in [0.1, 0.15) is 16.8 Å². The average Bonchev–Trinajstić information content (AvgIpc) is 2.64. The maximum absolute atomic E-state index is 12.9. The van der Waals surface area contributed by atoms with Gasteiger partial charge in [-0.1, -0.05) is 17.7 Å². The molecule has 0 aliphatic carbocycles. The molecule has 1 aliphatic rings. The van der Waals surface area contributed by atoms with E-state index in [-0.39, 0.29) is 5.56 Å². The van der Waals surface area contributed by atoms with Crippen molar-refractivity contribution in [2.24, 2.45) is 0 Å². The summed E-state index contributed by atoms with van der Waals surface area (Å²) in [5.74, 6) is 0. The van der Waals surface area contributed by atoms with Crippen LogP contribution in [0.25, 0.3) is 5.65 Å². The Hall–Kier alpha value is -2.44. The van der Waals surface area contributed by atoms with Crippen molar-refractivity contribution >= 4 is 40.3 Å². The van der Waals surface area contributed by atoms with Gasteiger partial charge in [-0.15, -0.1) is 0 Å². The normalized spacial score (nSPS) is 13.5. The maximum Gasteiger partial charge on any atom is 0.263 e. The van der Waals surface area contributed by atoms with Gasteiger partial charge in [-0.05, 0) is 55.0 Å². The van der Waals surface area contributed by atoms with Gasteiger partial charge in [0, 0.05) is 29.9 Å². The Morgan fingerprint density at radius 3 is 2.81 bits per heavy atom. The first-order valence-corrected chi connectivity index (χ1v) is 9.13. The van der Waals surface area contributed by atoms with Crippen molar-refractivity contribution in [3.63, 3.8) is 0 Å². The third-order valence-corrected chi connectivity index (χ3v) is 5.19. The van der Waals surface area contributed by atoms with Crippen molar-refractivity contribution in [2.45, 2.75) is 19.9 Å². The smallest absolute Gasteiger partial charge is 0.263 e. The molecule has 1 aliphatic heterocycles. The molecule has 0 spiro atoms. The van der Waals surface area contributed by atoms with Gasteiger partial charge in [-0.25, -0.2) is 4.98 Å². The van der Waals surface area contributed by atoms with Crippen LogP contribution in [-0.2, 0) is 13.0 Å². The zero-order chi connectivity index (χ0) is 18.3. The first kappa shape index (κ1) is 17.0. The molecule has 1 N–H and O–H groups in total. The second kappa shape index (κ2) is 6.70. The molecule has 3 heterocycles. The standard InChI is InChI=1S/C19H17ClN4OS/c1-12-3-2-9-24-17(12)22-16-8-10-23(11-15(16)18(24)25)19(26)21-14-6-4-13(20)5-7-14/h2-7,9H,8,10-11H2,1H3,(H,21,26). The molecule has 3 aromatic rings. The van der Waals surface area contributed by atoms with E-state index in [0.29, 0.717) is 28.7 Å². The average molecular weight is 385 g/mol. The van der Waals surface area contributed by atoms with Crippen LogP contribution in [-0.4, -0.2) is 25.9 Å². The summed E-state index contributed by atoms with van der Waals surface area (Å²) in [4.78, 5) is 19.6. The largest absolute Gasteiger partial charge is 0.344 e. The van der Waals surface area contributed by atoms with Gasteiger partial charge < -0.3 is 10.2 Å². The number of aryl methyl sites for hydroxylation is 1. The van der Waals surface area contributed by atoms with Gasteiger partial charge in [0.15, 0.2) is 5.11 Å². The number of rotatable bonds is 1. The molecule has 7 heteroatoms. The van der Waals surface area contributed by atoms with E-state index in [1.807, 2.05) is 48.2 Å². The summed E-state index contributed by atoms with van der Waals surface area (Å²) in [5, 5.41) is 4.47. The van der Waals surface area contributed by atoms with Crippen LogP contribution in [0.2, 0.25) is 5.02 Å². The van der Waals surface area contributed by atoms with Gasteiger partial charge in [0.2, 0.25) is 0 Å². The molecule has 0 unspecified atom stereocenters. The van der Waals surface area contributed by atoms with E-state index in [1.165, 1.54) is 0 Å². The summed E-state index contributed by atoms with van der Waals surface area (Å²) in [6.45, 7) is 3.15. The van der Waals surface area contributed by atoms with E-state index >= 15 is 0 Å². The van der Waals surface area contributed by atoms with Crippen molar-refractivity contribution < 1.29 is 0 Å². The molecular weight excluding hydrogens is 368 g/mol. The Morgan fingerprint density at radius 1 is 1.27 bits per heavy atom. The highest BCUT2D eigenvalue weighted by molar-refractivity contribution is 7.80. The monoisotopic (exact) mass is 384 g/mol. The lowest BCUT2D eigenvalue weighted by atomic mass is 10.1. The van der Waals surface area contributed by atoms with E-state index in [9.17, 15) is 4.79 Å². The fraction of sp³-hybridized carbons (Fsp3) is 0.211. The van der Waals surface area contributed by atoms with Gasteiger partial charge in [0.25, 0.3) is 5.56 Å². The first-order valence-electron chi connectivity index (χ1n) is 8.34. The topological polar surface area (TPSA) is 49.6 Å². The van der Waals surface area contributed by atoms with E-state index in [1.54, 1.807) is 10.6 Å². The van der Waals surface area contributed by atoms with Crippen LogP contribution in [0.3, 0.4) is 0 Å². The number of nitrogens with one attached hydrogen (secondary N) is 1. The highest BCUT2D eigenvalue weighted by Crippen LogP contribution is 2.19. The predicted octanol–water partition coefficient (Wildman–Crippen LogP) is 3.41. The number of nitrogens with zero attached hydrogens (tertiary/aromatic N) is 3. The first-order chi connectivity index (χ1) is 12.5. The zero-order valence-electron chi connectivity index (χ0n) is 14.2. The summed E-state index contributed by atoms with van der Waals surface area (Å²) in [7, 11) is 0. The van der Waals surface area contributed by atoms with Crippen LogP contribution in [0.5, 0.6) is 0 Å². The van der Waals surface area contributed by atoms with E-state index in [2.05, 4.69) is 5.32 Å².